The van der Waals surface area contributed by atoms with Gasteiger partial charge in [-0.2, -0.15) is 0 Å². The zero-order valence-corrected chi connectivity index (χ0v) is 15.5. The summed E-state index contributed by atoms with van der Waals surface area (Å²) in [6.07, 6.45) is 4.01. The molecule has 5 heteroatoms. The SMILES string of the molecule is COc1cccc(CCNC(=O)c2cncc(Nc3ccccc3C)c2)c1. The number of nitrogens with zero attached hydrogens (tertiary/aromatic N) is 1. The van der Waals surface area contributed by atoms with Gasteiger partial charge in [0.15, 0.2) is 0 Å². The Morgan fingerprint density at radius 3 is 2.74 bits per heavy atom. The van der Waals surface area contributed by atoms with E-state index in [9.17, 15) is 4.79 Å². The molecule has 27 heavy (non-hydrogen) atoms. The topological polar surface area (TPSA) is 63.2 Å². The maximum absolute atomic E-state index is 12.4. The molecule has 0 saturated carbocycles. The molecule has 0 saturated heterocycles. The summed E-state index contributed by atoms with van der Waals surface area (Å²) in [6, 6.07) is 17.6. The summed E-state index contributed by atoms with van der Waals surface area (Å²) in [5, 5.41) is 6.25. The normalized spacial score (nSPS) is 10.3. The van der Waals surface area contributed by atoms with E-state index in [0.29, 0.717) is 12.1 Å². The van der Waals surface area contributed by atoms with E-state index >= 15 is 0 Å². The van der Waals surface area contributed by atoms with Crippen LogP contribution in [0.15, 0.2) is 67.0 Å². The summed E-state index contributed by atoms with van der Waals surface area (Å²) in [4.78, 5) is 16.6. The number of hydrogen-bond donors (Lipinski definition) is 2. The fraction of sp³-hybridized carbons (Fsp3) is 0.182. The molecule has 3 aromatic rings. The summed E-state index contributed by atoms with van der Waals surface area (Å²) < 4.78 is 5.22. The first-order valence-corrected chi connectivity index (χ1v) is 8.84. The van der Waals surface area contributed by atoms with E-state index < -0.39 is 0 Å². The van der Waals surface area contributed by atoms with E-state index in [4.69, 9.17) is 4.74 Å². The lowest BCUT2D eigenvalue weighted by atomic mass is 10.1. The number of hydrogen-bond acceptors (Lipinski definition) is 4. The molecular weight excluding hydrogens is 338 g/mol. The molecule has 2 aromatic carbocycles. The molecule has 0 unspecified atom stereocenters. The fourth-order valence-electron chi connectivity index (χ4n) is 2.75. The van der Waals surface area contributed by atoms with Crippen molar-refractivity contribution in [2.24, 2.45) is 0 Å². The molecule has 5 nitrogen and oxygen atoms in total. The van der Waals surface area contributed by atoms with Gasteiger partial charge in [-0.15, -0.1) is 0 Å². The Hall–Kier alpha value is -3.34. The Morgan fingerprint density at radius 2 is 1.93 bits per heavy atom. The van der Waals surface area contributed by atoms with Crippen molar-refractivity contribution in [3.63, 3.8) is 0 Å². The van der Waals surface area contributed by atoms with Crippen molar-refractivity contribution in [3.05, 3.63) is 83.7 Å². The van der Waals surface area contributed by atoms with Crippen LogP contribution in [0.25, 0.3) is 0 Å². The van der Waals surface area contributed by atoms with Gasteiger partial charge in [0.05, 0.1) is 24.6 Å². The van der Waals surface area contributed by atoms with Gasteiger partial charge < -0.3 is 15.4 Å². The maximum atomic E-state index is 12.4. The van der Waals surface area contributed by atoms with Crippen molar-refractivity contribution >= 4 is 17.3 Å². The van der Waals surface area contributed by atoms with Crippen molar-refractivity contribution in [1.29, 1.82) is 0 Å². The Labute approximate surface area is 159 Å². The number of rotatable bonds is 7. The van der Waals surface area contributed by atoms with Crippen molar-refractivity contribution < 1.29 is 9.53 Å². The van der Waals surface area contributed by atoms with E-state index in [-0.39, 0.29) is 5.91 Å². The molecule has 1 heterocycles. The van der Waals surface area contributed by atoms with E-state index in [1.54, 1.807) is 25.6 Å². The number of methoxy groups -OCH3 is 1. The number of ether oxygens (including phenoxy) is 1. The van der Waals surface area contributed by atoms with Crippen LogP contribution < -0.4 is 15.4 Å². The summed E-state index contributed by atoms with van der Waals surface area (Å²) in [7, 11) is 1.64. The van der Waals surface area contributed by atoms with E-state index in [0.717, 1.165) is 34.7 Å². The quantitative estimate of drug-likeness (QED) is 0.665. The zero-order chi connectivity index (χ0) is 19.1. The number of aryl methyl sites for hydroxylation is 1. The largest absolute Gasteiger partial charge is 0.497 e. The minimum absolute atomic E-state index is 0.140. The van der Waals surface area contributed by atoms with Gasteiger partial charge in [0, 0.05) is 18.4 Å². The molecule has 0 aliphatic carbocycles. The second kappa shape index (κ2) is 8.85. The molecule has 1 amide bonds. The first-order valence-electron chi connectivity index (χ1n) is 8.84. The predicted molar refractivity (Wildman–Crippen MR) is 108 cm³/mol. The van der Waals surface area contributed by atoms with Crippen LogP contribution in [-0.4, -0.2) is 24.5 Å². The molecule has 0 fully saturated rings. The van der Waals surface area contributed by atoms with Gasteiger partial charge in [-0.1, -0.05) is 30.3 Å². The van der Waals surface area contributed by atoms with Gasteiger partial charge in [0.2, 0.25) is 0 Å². The smallest absolute Gasteiger partial charge is 0.252 e. The number of benzene rings is 2. The van der Waals surface area contributed by atoms with E-state index in [1.807, 2.05) is 55.5 Å². The van der Waals surface area contributed by atoms with Crippen molar-refractivity contribution in [3.8, 4) is 5.75 Å². The van der Waals surface area contributed by atoms with Gasteiger partial charge in [0.25, 0.3) is 5.91 Å². The Bertz CT molecular complexity index is 925. The second-order valence-corrected chi connectivity index (χ2v) is 6.26. The lowest BCUT2D eigenvalue weighted by Gasteiger charge is -2.10. The zero-order valence-electron chi connectivity index (χ0n) is 15.5. The van der Waals surface area contributed by atoms with Gasteiger partial charge in [-0.05, 0) is 48.7 Å². The molecule has 3 rings (SSSR count). The lowest BCUT2D eigenvalue weighted by molar-refractivity contribution is 0.0954. The Balaban J connectivity index is 1.59. The minimum Gasteiger partial charge on any atom is -0.497 e. The highest BCUT2D eigenvalue weighted by atomic mass is 16.5. The van der Waals surface area contributed by atoms with E-state index in [1.165, 1.54) is 0 Å². The van der Waals surface area contributed by atoms with Crippen LogP contribution in [0.4, 0.5) is 11.4 Å². The van der Waals surface area contributed by atoms with Crippen LogP contribution in [0, 0.1) is 6.92 Å². The first-order chi connectivity index (χ1) is 13.2. The molecule has 0 bridgehead atoms. The molecule has 1 aromatic heterocycles. The average molecular weight is 361 g/mol. The number of carbonyl (C=O) groups is 1. The third-order valence-corrected chi connectivity index (χ3v) is 4.26. The molecule has 2 N–H and O–H groups in total. The van der Waals surface area contributed by atoms with Gasteiger partial charge in [0.1, 0.15) is 5.75 Å². The summed E-state index contributed by atoms with van der Waals surface area (Å²) in [5.41, 5.74) is 4.55. The van der Waals surface area contributed by atoms with Crippen LogP contribution in [0.1, 0.15) is 21.5 Å². The van der Waals surface area contributed by atoms with Crippen LogP contribution in [0.3, 0.4) is 0 Å². The van der Waals surface area contributed by atoms with Gasteiger partial charge >= 0.3 is 0 Å². The predicted octanol–water partition coefficient (Wildman–Crippen LogP) is 4.11. The van der Waals surface area contributed by atoms with Gasteiger partial charge in [-0.25, -0.2) is 0 Å². The number of para-hydroxylation sites is 1. The fourth-order valence-corrected chi connectivity index (χ4v) is 2.75. The van der Waals surface area contributed by atoms with Crippen molar-refractivity contribution in [2.45, 2.75) is 13.3 Å². The third kappa shape index (κ3) is 5.07. The summed E-state index contributed by atoms with van der Waals surface area (Å²) in [5.74, 6) is 0.678. The molecule has 0 aliphatic heterocycles. The number of aromatic nitrogens is 1. The molecule has 0 atom stereocenters. The standard InChI is InChI=1S/C22H23N3O2/c1-16-6-3-4-9-21(16)25-19-13-18(14-23-15-19)22(26)24-11-10-17-7-5-8-20(12-17)27-2/h3-9,12-15,25H,10-11H2,1-2H3,(H,24,26). The highest BCUT2D eigenvalue weighted by Gasteiger charge is 2.07. The minimum atomic E-state index is -0.140. The Kier molecular flexibility index (Phi) is 6.05. The summed E-state index contributed by atoms with van der Waals surface area (Å²) >= 11 is 0. The third-order valence-electron chi connectivity index (χ3n) is 4.26. The monoisotopic (exact) mass is 361 g/mol. The van der Waals surface area contributed by atoms with Crippen molar-refractivity contribution in [1.82, 2.24) is 10.3 Å². The van der Waals surface area contributed by atoms with Crippen LogP contribution in [0.2, 0.25) is 0 Å². The lowest BCUT2D eigenvalue weighted by Crippen LogP contribution is -2.25. The molecule has 0 radical (unpaired) electrons. The van der Waals surface area contributed by atoms with Crippen molar-refractivity contribution in [2.75, 3.05) is 19.0 Å². The molecular formula is C22H23N3O2. The molecule has 0 spiro atoms. The van der Waals surface area contributed by atoms with E-state index in [2.05, 4.69) is 15.6 Å². The number of nitrogens with one attached hydrogen (secondary N) is 2. The number of pyridine rings is 1. The average Bonchev–Trinajstić information content (AvgIpc) is 2.70. The highest BCUT2D eigenvalue weighted by molar-refractivity contribution is 5.94. The second-order valence-electron chi connectivity index (χ2n) is 6.26. The molecule has 0 aliphatic rings. The number of carbonyl (C=O) groups excluding carboxylic acids is 1. The highest BCUT2D eigenvalue weighted by Crippen LogP contribution is 2.20. The molecule has 138 valence electrons. The Morgan fingerprint density at radius 1 is 1.07 bits per heavy atom. The first kappa shape index (κ1) is 18.5. The summed E-state index contributed by atoms with van der Waals surface area (Å²) in [6.45, 7) is 2.58. The van der Waals surface area contributed by atoms with Crippen LogP contribution in [-0.2, 0) is 6.42 Å². The number of amides is 1. The van der Waals surface area contributed by atoms with Crippen LogP contribution in [0.5, 0.6) is 5.75 Å². The maximum Gasteiger partial charge on any atom is 0.252 e. The number of anilines is 2. The van der Waals surface area contributed by atoms with Gasteiger partial charge in [-0.3, -0.25) is 9.78 Å². The van der Waals surface area contributed by atoms with Crippen LogP contribution >= 0.6 is 0 Å².